The maximum Gasteiger partial charge on any atom is 0.0667 e. The summed E-state index contributed by atoms with van der Waals surface area (Å²) in [5, 5.41) is 0. The van der Waals surface area contributed by atoms with Gasteiger partial charge in [0.2, 0.25) is 0 Å². The minimum absolute atomic E-state index is 0.322. The average molecular weight is 335 g/mol. The molecular weight excluding hydrogens is 296 g/mol. The standard InChI is InChI=1S/C18H38OS2/c1-3-5-7-9-11-13-17(15-20)19-18(16-21)14-12-10-8-6-4-2/h17-18,20-21H,3-16H2,1-2H3. The first kappa shape index (κ1) is 21.7. The van der Waals surface area contributed by atoms with Gasteiger partial charge in [0.05, 0.1) is 12.2 Å². The van der Waals surface area contributed by atoms with E-state index in [2.05, 4.69) is 39.1 Å². The third-order valence-corrected chi connectivity index (χ3v) is 4.87. The van der Waals surface area contributed by atoms with Crippen molar-refractivity contribution >= 4 is 25.3 Å². The lowest BCUT2D eigenvalue weighted by Gasteiger charge is -2.23. The molecular formula is C18H38OS2. The van der Waals surface area contributed by atoms with Crippen molar-refractivity contribution in [3.8, 4) is 0 Å². The van der Waals surface area contributed by atoms with Gasteiger partial charge in [0.15, 0.2) is 0 Å². The quantitative estimate of drug-likeness (QED) is 0.248. The molecule has 0 aliphatic carbocycles. The summed E-state index contributed by atoms with van der Waals surface area (Å²) in [6.07, 6.45) is 16.3. The van der Waals surface area contributed by atoms with Gasteiger partial charge in [0, 0.05) is 11.5 Å². The first-order valence-electron chi connectivity index (χ1n) is 9.15. The molecule has 0 aromatic carbocycles. The fourth-order valence-corrected chi connectivity index (χ4v) is 3.17. The fourth-order valence-electron chi connectivity index (χ4n) is 2.63. The normalized spacial score (nSPS) is 14.3. The van der Waals surface area contributed by atoms with Gasteiger partial charge >= 0.3 is 0 Å². The second-order valence-corrected chi connectivity index (χ2v) is 6.88. The molecule has 3 heteroatoms. The van der Waals surface area contributed by atoms with E-state index in [0.717, 1.165) is 24.3 Å². The van der Waals surface area contributed by atoms with E-state index in [1.165, 1.54) is 64.2 Å². The van der Waals surface area contributed by atoms with Crippen LogP contribution in [0.25, 0.3) is 0 Å². The van der Waals surface area contributed by atoms with Crippen LogP contribution in [0.4, 0.5) is 0 Å². The van der Waals surface area contributed by atoms with Crippen molar-refractivity contribution in [2.45, 2.75) is 103 Å². The Labute approximate surface area is 144 Å². The Hall–Kier alpha value is 0.660. The first-order chi connectivity index (χ1) is 10.3. The molecule has 0 heterocycles. The monoisotopic (exact) mass is 334 g/mol. The maximum atomic E-state index is 6.21. The van der Waals surface area contributed by atoms with E-state index in [9.17, 15) is 0 Å². The molecule has 0 aromatic rings. The zero-order chi connectivity index (χ0) is 15.8. The van der Waals surface area contributed by atoms with Gasteiger partial charge in [-0.25, -0.2) is 0 Å². The van der Waals surface area contributed by atoms with Gasteiger partial charge in [-0.2, -0.15) is 25.3 Å². The van der Waals surface area contributed by atoms with E-state index in [0.29, 0.717) is 12.2 Å². The topological polar surface area (TPSA) is 9.23 Å². The molecule has 0 aliphatic rings. The molecule has 0 fully saturated rings. The lowest BCUT2D eigenvalue weighted by Crippen LogP contribution is -2.25. The van der Waals surface area contributed by atoms with E-state index in [-0.39, 0.29) is 0 Å². The molecule has 0 saturated heterocycles. The van der Waals surface area contributed by atoms with E-state index in [1.807, 2.05) is 0 Å². The van der Waals surface area contributed by atoms with Crippen LogP contribution < -0.4 is 0 Å². The molecule has 0 bridgehead atoms. The zero-order valence-corrected chi connectivity index (χ0v) is 16.1. The van der Waals surface area contributed by atoms with Gasteiger partial charge in [0.25, 0.3) is 0 Å². The van der Waals surface area contributed by atoms with Crippen molar-refractivity contribution in [2.24, 2.45) is 0 Å². The van der Waals surface area contributed by atoms with Crippen molar-refractivity contribution < 1.29 is 4.74 Å². The molecule has 21 heavy (non-hydrogen) atoms. The van der Waals surface area contributed by atoms with Crippen molar-refractivity contribution in [1.29, 1.82) is 0 Å². The maximum absolute atomic E-state index is 6.21. The average Bonchev–Trinajstić information content (AvgIpc) is 2.51. The second-order valence-electron chi connectivity index (χ2n) is 6.15. The summed E-state index contributed by atoms with van der Waals surface area (Å²) in [7, 11) is 0. The van der Waals surface area contributed by atoms with E-state index in [4.69, 9.17) is 4.74 Å². The second kappa shape index (κ2) is 17.0. The number of ether oxygens (including phenoxy) is 1. The highest BCUT2D eigenvalue weighted by Crippen LogP contribution is 2.16. The number of unbranched alkanes of at least 4 members (excludes halogenated alkanes) is 8. The molecule has 2 atom stereocenters. The van der Waals surface area contributed by atoms with Crippen molar-refractivity contribution in [3.05, 3.63) is 0 Å². The van der Waals surface area contributed by atoms with Gasteiger partial charge in [-0.3, -0.25) is 0 Å². The predicted molar refractivity (Wildman–Crippen MR) is 103 cm³/mol. The Bertz CT molecular complexity index is 180. The molecule has 0 spiro atoms. The number of rotatable bonds is 16. The van der Waals surface area contributed by atoms with Crippen molar-refractivity contribution in [3.63, 3.8) is 0 Å². The summed E-state index contributed by atoms with van der Waals surface area (Å²) in [6, 6.07) is 0. The van der Waals surface area contributed by atoms with Crippen LogP contribution in [0, 0.1) is 0 Å². The van der Waals surface area contributed by atoms with Crippen LogP contribution in [-0.2, 0) is 4.74 Å². The molecule has 0 aliphatic heterocycles. The van der Waals surface area contributed by atoms with Crippen LogP contribution in [0.1, 0.15) is 90.9 Å². The Kier molecular flexibility index (Phi) is 17.6. The van der Waals surface area contributed by atoms with Gasteiger partial charge in [-0.05, 0) is 12.8 Å². The summed E-state index contributed by atoms with van der Waals surface area (Å²) in [4.78, 5) is 0. The molecule has 0 radical (unpaired) electrons. The smallest absolute Gasteiger partial charge is 0.0667 e. The number of hydrogen-bond acceptors (Lipinski definition) is 3. The SMILES string of the molecule is CCCCCCCC(CS)OC(CS)CCCCCCC. The fraction of sp³-hybridized carbons (Fsp3) is 1.00. The minimum atomic E-state index is 0.322. The van der Waals surface area contributed by atoms with Gasteiger partial charge in [-0.15, -0.1) is 0 Å². The largest absolute Gasteiger partial charge is 0.373 e. The molecule has 128 valence electrons. The highest BCUT2D eigenvalue weighted by Gasteiger charge is 2.14. The predicted octanol–water partition coefficient (Wildman–Crippen LogP) is 6.32. The summed E-state index contributed by atoms with van der Waals surface area (Å²) in [5.41, 5.74) is 0. The highest BCUT2D eigenvalue weighted by atomic mass is 32.1. The summed E-state index contributed by atoms with van der Waals surface area (Å²) in [6.45, 7) is 4.52. The lowest BCUT2D eigenvalue weighted by atomic mass is 10.1. The molecule has 0 N–H and O–H groups in total. The van der Waals surface area contributed by atoms with E-state index >= 15 is 0 Å². The first-order valence-corrected chi connectivity index (χ1v) is 10.4. The summed E-state index contributed by atoms with van der Waals surface area (Å²) in [5.74, 6) is 1.68. The van der Waals surface area contributed by atoms with Crippen LogP contribution in [0.15, 0.2) is 0 Å². The van der Waals surface area contributed by atoms with Crippen LogP contribution in [0.3, 0.4) is 0 Å². The Morgan fingerprint density at radius 1 is 0.619 bits per heavy atom. The van der Waals surface area contributed by atoms with Crippen LogP contribution >= 0.6 is 25.3 Å². The van der Waals surface area contributed by atoms with Gasteiger partial charge in [0.1, 0.15) is 0 Å². The van der Waals surface area contributed by atoms with Crippen LogP contribution in [-0.4, -0.2) is 23.7 Å². The molecule has 0 saturated carbocycles. The highest BCUT2D eigenvalue weighted by molar-refractivity contribution is 7.80. The number of hydrogen-bond donors (Lipinski definition) is 2. The lowest BCUT2D eigenvalue weighted by molar-refractivity contribution is 0.00331. The zero-order valence-electron chi connectivity index (χ0n) is 14.4. The minimum Gasteiger partial charge on any atom is -0.373 e. The Balaban J connectivity index is 3.73. The number of thiol groups is 2. The Morgan fingerprint density at radius 3 is 1.33 bits per heavy atom. The molecule has 2 unspecified atom stereocenters. The summed E-state index contributed by atoms with van der Waals surface area (Å²) >= 11 is 8.92. The summed E-state index contributed by atoms with van der Waals surface area (Å²) < 4.78 is 6.21. The molecule has 0 amide bonds. The molecule has 0 rings (SSSR count). The van der Waals surface area contributed by atoms with Gasteiger partial charge < -0.3 is 4.74 Å². The molecule has 1 nitrogen and oxygen atoms in total. The van der Waals surface area contributed by atoms with Gasteiger partial charge in [-0.1, -0.05) is 78.1 Å². The van der Waals surface area contributed by atoms with Crippen molar-refractivity contribution in [2.75, 3.05) is 11.5 Å². The van der Waals surface area contributed by atoms with Crippen LogP contribution in [0.2, 0.25) is 0 Å². The van der Waals surface area contributed by atoms with Crippen molar-refractivity contribution in [1.82, 2.24) is 0 Å². The van der Waals surface area contributed by atoms with E-state index < -0.39 is 0 Å². The third-order valence-electron chi connectivity index (χ3n) is 4.05. The van der Waals surface area contributed by atoms with Crippen LogP contribution in [0.5, 0.6) is 0 Å². The molecule has 0 aromatic heterocycles. The third kappa shape index (κ3) is 14.0. The van der Waals surface area contributed by atoms with E-state index in [1.54, 1.807) is 0 Å². The Morgan fingerprint density at radius 2 is 1.00 bits per heavy atom.